The summed E-state index contributed by atoms with van der Waals surface area (Å²) < 4.78 is 2.33. The van der Waals surface area contributed by atoms with Gasteiger partial charge in [-0.05, 0) is 24.1 Å². The summed E-state index contributed by atoms with van der Waals surface area (Å²) in [5.41, 5.74) is 6.28. The number of nitrogens with zero attached hydrogens (tertiary/aromatic N) is 4. The zero-order valence-corrected chi connectivity index (χ0v) is 16.8. The third kappa shape index (κ3) is 3.06. The van der Waals surface area contributed by atoms with Crippen LogP contribution in [0.15, 0.2) is 70.9 Å². The number of rotatable bonds is 5. The standard InChI is InChI=1S/C24H21N5O/c1-15(2)14-29-21-10-6-4-7-17(21)19-11-16(25-13-22(19)29)12-26-28-23-18-8-3-5-9-20(18)27-24(23)30/h3-13,15H,14H2,1-2H3,(H,27,28,30). The van der Waals surface area contributed by atoms with Crippen LogP contribution in [-0.2, 0) is 11.3 Å². The largest absolute Gasteiger partial charge is 0.339 e. The Morgan fingerprint density at radius 1 is 1.07 bits per heavy atom. The van der Waals surface area contributed by atoms with Crippen molar-refractivity contribution in [3.05, 3.63) is 77.1 Å². The van der Waals surface area contributed by atoms with Gasteiger partial charge in [-0.25, -0.2) is 4.99 Å². The Balaban J connectivity index is 1.51. The first-order valence-corrected chi connectivity index (χ1v) is 10.0. The minimum Gasteiger partial charge on any atom is -0.339 e. The molecule has 0 saturated heterocycles. The quantitative estimate of drug-likeness (QED) is 0.417. The van der Waals surface area contributed by atoms with E-state index in [-0.39, 0.29) is 5.91 Å². The fourth-order valence-corrected chi connectivity index (χ4v) is 3.93. The Labute approximate surface area is 173 Å². The molecule has 3 heterocycles. The lowest BCUT2D eigenvalue weighted by molar-refractivity contribution is -0.113. The van der Waals surface area contributed by atoms with E-state index < -0.39 is 0 Å². The Kier molecular flexibility index (Phi) is 4.39. The normalized spacial score (nSPS) is 13.6. The fraction of sp³-hybridized carbons (Fsp3) is 0.167. The van der Waals surface area contributed by atoms with Gasteiger partial charge in [0.25, 0.3) is 5.91 Å². The second kappa shape index (κ2) is 7.22. The van der Waals surface area contributed by atoms with E-state index in [4.69, 9.17) is 0 Å². The van der Waals surface area contributed by atoms with E-state index in [9.17, 15) is 4.79 Å². The van der Waals surface area contributed by atoms with Crippen molar-refractivity contribution in [3.8, 4) is 0 Å². The number of carbonyl (C=O) groups excluding carboxylic acids is 1. The molecule has 0 atom stereocenters. The van der Waals surface area contributed by atoms with Crippen molar-refractivity contribution in [1.82, 2.24) is 15.0 Å². The number of pyridine rings is 1. The van der Waals surface area contributed by atoms with Crippen molar-refractivity contribution < 1.29 is 4.79 Å². The molecule has 1 amide bonds. The highest BCUT2D eigenvalue weighted by molar-refractivity contribution is 6.14. The van der Waals surface area contributed by atoms with Crippen LogP contribution in [0, 0.1) is 5.92 Å². The van der Waals surface area contributed by atoms with Crippen LogP contribution in [0.2, 0.25) is 0 Å². The maximum atomic E-state index is 12.1. The molecule has 0 saturated carbocycles. The van der Waals surface area contributed by atoms with E-state index in [1.165, 1.54) is 10.9 Å². The Bertz CT molecular complexity index is 1450. The summed E-state index contributed by atoms with van der Waals surface area (Å²) in [5, 5.41) is 8.03. The van der Waals surface area contributed by atoms with Gasteiger partial charge in [-0.2, -0.15) is 5.10 Å². The summed E-state index contributed by atoms with van der Waals surface area (Å²) in [4.78, 5) is 20.7. The molecule has 6 heteroatoms. The van der Waals surface area contributed by atoms with Crippen molar-refractivity contribution in [3.63, 3.8) is 0 Å². The smallest absolute Gasteiger partial charge is 0.296 e. The number of aromatic nitrogens is 2. The van der Waals surface area contributed by atoms with E-state index in [0.29, 0.717) is 17.0 Å². The van der Waals surface area contributed by atoms with E-state index in [1.807, 2.05) is 36.5 Å². The lowest BCUT2D eigenvalue weighted by Crippen LogP contribution is -2.26. The summed E-state index contributed by atoms with van der Waals surface area (Å²) in [7, 11) is 0. The molecular formula is C24H21N5O. The molecule has 1 aliphatic rings. The zero-order chi connectivity index (χ0) is 20.7. The number of benzene rings is 2. The molecule has 0 unspecified atom stereocenters. The van der Waals surface area contributed by atoms with Crippen LogP contribution < -0.4 is 16.0 Å². The minimum atomic E-state index is -0.312. The molecule has 0 fully saturated rings. The van der Waals surface area contributed by atoms with Crippen LogP contribution in [0.5, 0.6) is 0 Å². The number of hydrogen-bond donors (Lipinski definition) is 1. The lowest BCUT2D eigenvalue weighted by atomic mass is 10.2. The molecule has 30 heavy (non-hydrogen) atoms. The third-order valence-corrected chi connectivity index (χ3v) is 5.21. The molecule has 2 aromatic carbocycles. The molecule has 4 aromatic rings. The minimum absolute atomic E-state index is 0.312. The van der Waals surface area contributed by atoms with Gasteiger partial charge in [-0.1, -0.05) is 50.2 Å². The first-order valence-electron chi connectivity index (χ1n) is 10.0. The average molecular weight is 395 g/mol. The number of nitrogens with one attached hydrogen (secondary N) is 1. The summed E-state index contributed by atoms with van der Waals surface area (Å²) in [6.07, 6.45) is 3.53. The van der Waals surface area contributed by atoms with E-state index in [1.54, 1.807) is 6.21 Å². The van der Waals surface area contributed by atoms with Gasteiger partial charge in [0, 0.05) is 28.1 Å². The Morgan fingerprint density at radius 3 is 2.73 bits per heavy atom. The van der Waals surface area contributed by atoms with E-state index in [0.717, 1.165) is 28.4 Å². The molecular weight excluding hydrogens is 374 g/mol. The van der Waals surface area contributed by atoms with Gasteiger partial charge in [0.15, 0.2) is 0 Å². The molecule has 148 valence electrons. The molecule has 0 aliphatic carbocycles. The first kappa shape index (κ1) is 18.2. The van der Waals surface area contributed by atoms with Crippen molar-refractivity contribution >= 4 is 39.6 Å². The second-order valence-corrected chi connectivity index (χ2v) is 7.83. The van der Waals surface area contributed by atoms with Gasteiger partial charge in [-0.15, -0.1) is 0 Å². The highest BCUT2D eigenvalue weighted by Gasteiger charge is 2.15. The summed E-state index contributed by atoms with van der Waals surface area (Å²) in [6.45, 7) is 5.37. The zero-order valence-electron chi connectivity index (χ0n) is 16.8. The first-order chi connectivity index (χ1) is 14.6. The number of fused-ring (bicyclic) bond motifs is 4. The highest BCUT2D eigenvalue weighted by Crippen LogP contribution is 2.29. The van der Waals surface area contributed by atoms with Gasteiger partial charge in [-0.3, -0.25) is 15.2 Å². The average Bonchev–Trinajstić information content (AvgIpc) is 3.22. The van der Waals surface area contributed by atoms with Crippen molar-refractivity contribution in [2.45, 2.75) is 20.4 Å². The summed E-state index contributed by atoms with van der Waals surface area (Å²) >= 11 is 0. The third-order valence-electron chi connectivity index (χ3n) is 5.21. The van der Waals surface area contributed by atoms with Gasteiger partial charge >= 0.3 is 0 Å². The number of hydrazone groups is 1. The maximum Gasteiger partial charge on any atom is 0.296 e. The monoisotopic (exact) mass is 395 g/mol. The van der Waals surface area contributed by atoms with Crippen LogP contribution in [0.4, 0.5) is 0 Å². The molecule has 1 aliphatic heterocycles. The molecule has 0 bridgehead atoms. The van der Waals surface area contributed by atoms with Crippen LogP contribution in [-0.4, -0.2) is 21.7 Å². The number of para-hydroxylation sites is 2. The predicted octanol–water partition coefficient (Wildman–Crippen LogP) is 2.74. The van der Waals surface area contributed by atoms with Crippen molar-refractivity contribution in [2.24, 2.45) is 16.0 Å². The molecule has 0 radical (unpaired) electrons. The second-order valence-electron chi connectivity index (χ2n) is 7.83. The van der Waals surface area contributed by atoms with E-state index in [2.05, 4.69) is 63.2 Å². The SMILES string of the molecule is CC(C)Cn1c2ccccc2c2cc(C=NNC3=c4ccccc4=NC3=O)ncc21. The molecule has 6 nitrogen and oxygen atoms in total. The fourth-order valence-electron chi connectivity index (χ4n) is 3.93. The van der Waals surface area contributed by atoms with Crippen LogP contribution in [0.3, 0.4) is 0 Å². The van der Waals surface area contributed by atoms with Crippen molar-refractivity contribution in [2.75, 3.05) is 0 Å². The molecule has 2 aromatic heterocycles. The summed E-state index contributed by atoms with van der Waals surface area (Å²) in [6, 6.07) is 17.9. The number of carbonyl (C=O) groups is 1. The van der Waals surface area contributed by atoms with Gasteiger partial charge in [0.2, 0.25) is 0 Å². The predicted molar refractivity (Wildman–Crippen MR) is 118 cm³/mol. The number of hydrogen-bond acceptors (Lipinski definition) is 4. The molecule has 5 rings (SSSR count). The highest BCUT2D eigenvalue weighted by atomic mass is 16.1. The summed E-state index contributed by atoms with van der Waals surface area (Å²) in [5.74, 6) is 0.220. The van der Waals surface area contributed by atoms with Crippen LogP contribution >= 0.6 is 0 Å². The lowest BCUT2D eigenvalue weighted by Gasteiger charge is -2.09. The van der Waals surface area contributed by atoms with Gasteiger partial charge < -0.3 is 4.57 Å². The Hall–Kier alpha value is -3.80. The Morgan fingerprint density at radius 2 is 1.87 bits per heavy atom. The van der Waals surface area contributed by atoms with E-state index >= 15 is 0 Å². The van der Waals surface area contributed by atoms with Crippen LogP contribution in [0.25, 0.3) is 27.5 Å². The van der Waals surface area contributed by atoms with Gasteiger partial charge in [0.05, 0.1) is 29.0 Å². The van der Waals surface area contributed by atoms with Gasteiger partial charge in [0.1, 0.15) is 5.70 Å². The van der Waals surface area contributed by atoms with Crippen molar-refractivity contribution in [1.29, 1.82) is 0 Å². The number of amides is 1. The molecule has 0 spiro atoms. The molecule has 1 N–H and O–H groups in total. The topological polar surface area (TPSA) is 71.6 Å². The maximum absolute atomic E-state index is 12.1. The van der Waals surface area contributed by atoms with Crippen LogP contribution in [0.1, 0.15) is 19.5 Å².